The molecule has 0 saturated heterocycles. The van der Waals surface area contributed by atoms with Crippen molar-refractivity contribution in [1.82, 2.24) is 4.98 Å². The number of benzene rings is 1. The van der Waals surface area contributed by atoms with E-state index in [2.05, 4.69) is 20.9 Å². The smallest absolute Gasteiger partial charge is 0.278 e. The third kappa shape index (κ3) is 3.14. The lowest BCUT2D eigenvalue weighted by Crippen LogP contribution is -2.05. The van der Waals surface area contributed by atoms with Crippen molar-refractivity contribution in [3.05, 3.63) is 61.9 Å². The minimum absolute atomic E-state index is 0.104. The Kier molecular flexibility index (Phi) is 4.34. The summed E-state index contributed by atoms with van der Waals surface area (Å²) in [7, 11) is 0. The van der Waals surface area contributed by atoms with Crippen LogP contribution in [0.3, 0.4) is 0 Å². The third-order valence-corrected chi connectivity index (χ3v) is 3.42. The number of aryl methyl sites for hydroxylation is 1. The number of halogens is 1. The predicted octanol–water partition coefficient (Wildman–Crippen LogP) is 3.95. The van der Waals surface area contributed by atoms with Crippen LogP contribution in [0.2, 0.25) is 0 Å². The standard InChI is InChI=1S/C14H13BrN2O3/c1-9-7-16-13(10(2)14(9)17(18)19)8-20-12-5-3-4-11(15)6-12/h3-7H,8H2,1-2H3. The molecule has 20 heavy (non-hydrogen) atoms. The summed E-state index contributed by atoms with van der Waals surface area (Å²) in [5.74, 6) is 0.684. The molecule has 0 aliphatic carbocycles. The van der Waals surface area contributed by atoms with Crippen LogP contribution in [0.25, 0.3) is 0 Å². The molecule has 0 bridgehead atoms. The van der Waals surface area contributed by atoms with Crippen molar-refractivity contribution in [1.29, 1.82) is 0 Å². The number of rotatable bonds is 4. The maximum Gasteiger partial charge on any atom is 0.278 e. The lowest BCUT2D eigenvalue weighted by atomic mass is 10.1. The molecule has 0 N–H and O–H groups in total. The zero-order chi connectivity index (χ0) is 14.7. The largest absolute Gasteiger partial charge is 0.487 e. The van der Waals surface area contributed by atoms with Crippen LogP contribution >= 0.6 is 15.9 Å². The van der Waals surface area contributed by atoms with Crippen molar-refractivity contribution in [2.75, 3.05) is 0 Å². The van der Waals surface area contributed by atoms with E-state index in [4.69, 9.17) is 4.74 Å². The van der Waals surface area contributed by atoms with Gasteiger partial charge in [-0.2, -0.15) is 0 Å². The van der Waals surface area contributed by atoms with Crippen molar-refractivity contribution in [3.8, 4) is 5.75 Å². The minimum atomic E-state index is -0.380. The number of hydrogen-bond acceptors (Lipinski definition) is 4. The second kappa shape index (κ2) is 6.00. The van der Waals surface area contributed by atoms with Gasteiger partial charge in [-0.25, -0.2) is 0 Å². The maximum absolute atomic E-state index is 11.0. The first-order valence-electron chi connectivity index (χ1n) is 5.97. The van der Waals surface area contributed by atoms with Crippen LogP contribution in [0.15, 0.2) is 34.9 Å². The number of nitrogens with zero attached hydrogens (tertiary/aromatic N) is 2. The van der Waals surface area contributed by atoms with Gasteiger partial charge in [0.05, 0.1) is 16.2 Å². The first kappa shape index (κ1) is 14.5. The molecule has 5 nitrogen and oxygen atoms in total. The number of nitro groups is 1. The highest BCUT2D eigenvalue weighted by Crippen LogP contribution is 2.25. The lowest BCUT2D eigenvalue weighted by Gasteiger charge is -2.09. The fraction of sp³-hybridized carbons (Fsp3) is 0.214. The molecule has 0 spiro atoms. The second-order valence-electron chi connectivity index (χ2n) is 4.36. The molecule has 2 aromatic rings. The van der Waals surface area contributed by atoms with Gasteiger partial charge in [0.2, 0.25) is 0 Å². The van der Waals surface area contributed by atoms with Crippen molar-refractivity contribution >= 4 is 21.6 Å². The van der Waals surface area contributed by atoms with E-state index in [1.54, 1.807) is 13.8 Å². The average molecular weight is 337 g/mol. The Morgan fingerprint density at radius 1 is 1.40 bits per heavy atom. The zero-order valence-corrected chi connectivity index (χ0v) is 12.7. The molecule has 1 aromatic carbocycles. The second-order valence-corrected chi connectivity index (χ2v) is 5.28. The summed E-state index contributed by atoms with van der Waals surface area (Å²) in [4.78, 5) is 14.9. The van der Waals surface area contributed by atoms with Gasteiger partial charge in [0.1, 0.15) is 12.4 Å². The van der Waals surface area contributed by atoms with E-state index in [0.29, 0.717) is 22.6 Å². The molecule has 0 radical (unpaired) electrons. The highest BCUT2D eigenvalue weighted by atomic mass is 79.9. The quantitative estimate of drug-likeness (QED) is 0.626. The monoisotopic (exact) mass is 336 g/mol. The zero-order valence-electron chi connectivity index (χ0n) is 11.1. The fourth-order valence-corrected chi connectivity index (χ4v) is 2.28. The molecule has 0 atom stereocenters. The molecule has 0 fully saturated rings. The molecule has 6 heteroatoms. The van der Waals surface area contributed by atoms with Gasteiger partial charge in [-0.1, -0.05) is 22.0 Å². The van der Waals surface area contributed by atoms with E-state index in [1.165, 1.54) is 6.20 Å². The number of aromatic nitrogens is 1. The van der Waals surface area contributed by atoms with Gasteiger partial charge < -0.3 is 4.74 Å². The Labute approximate surface area is 124 Å². The molecule has 1 aromatic heterocycles. The Morgan fingerprint density at radius 3 is 2.80 bits per heavy atom. The normalized spacial score (nSPS) is 10.3. The molecule has 0 saturated carbocycles. The van der Waals surface area contributed by atoms with Gasteiger partial charge in [-0.15, -0.1) is 0 Å². The molecule has 0 amide bonds. The molecule has 0 aliphatic rings. The Bertz CT molecular complexity index is 659. The molecule has 2 rings (SSSR count). The van der Waals surface area contributed by atoms with E-state index < -0.39 is 0 Å². The summed E-state index contributed by atoms with van der Waals surface area (Å²) < 4.78 is 6.52. The summed E-state index contributed by atoms with van der Waals surface area (Å²) >= 11 is 3.36. The van der Waals surface area contributed by atoms with Crippen molar-refractivity contribution in [3.63, 3.8) is 0 Å². The highest BCUT2D eigenvalue weighted by Gasteiger charge is 2.18. The lowest BCUT2D eigenvalue weighted by molar-refractivity contribution is -0.386. The topological polar surface area (TPSA) is 65.3 Å². The van der Waals surface area contributed by atoms with E-state index in [-0.39, 0.29) is 17.2 Å². The maximum atomic E-state index is 11.0. The van der Waals surface area contributed by atoms with Gasteiger partial charge in [0, 0.05) is 16.2 Å². The Hall–Kier alpha value is -1.95. The summed E-state index contributed by atoms with van der Waals surface area (Å²) in [6.45, 7) is 3.57. The molecular weight excluding hydrogens is 324 g/mol. The van der Waals surface area contributed by atoms with E-state index in [0.717, 1.165) is 4.47 Å². The minimum Gasteiger partial charge on any atom is -0.487 e. The summed E-state index contributed by atoms with van der Waals surface area (Å²) in [6, 6.07) is 7.41. The van der Waals surface area contributed by atoms with Crippen LogP contribution in [-0.4, -0.2) is 9.91 Å². The van der Waals surface area contributed by atoms with Gasteiger partial charge in [-0.05, 0) is 32.0 Å². The van der Waals surface area contributed by atoms with Crippen LogP contribution in [0, 0.1) is 24.0 Å². The van der Waals surface area contributed by atoms with E-state index >= 15 is 0 Å². The first-order chi connectivity index (χ1) is 9.49. The summed E-state index contributed by atoms with van der Waals surface area (Å²) in [5, 5.41) is 11.0. The van der Waals surface area contributed by atoms with Crippen LogP contribution in [0.1, 0.15) is 16.8 Å². The van der Waals surface area contributed by atoms with Gasteiger partial charge in [0.15, 0.2) is 0 Å². The molecule has 104 valence electrons. The first-order valence-corrected chi connectivity index (χ1v) is 6.76. The number of ether oxygens (including phenoxy) is 1. The molecule has 0 unspecified atom stereocenters. The van der Waals surface area contributed by atoms with Crippen LogP contribution in [0.5, 0.6) is 5.75 Å². The van der Waals surface area contributed by atoms with Crippen LogP contribution in [-0.2, 0) is 6.61 Å². The number of pyridine rings is 1. The van der Waals surface area contributed by atoms with Crippen LogP contribution in [0.4, 0.5) is 5.69 Å². The molecule has 0 aliphatic heterocycles. The predicted molar refractivity (Wildman–Crippen MR) is 78.8 cm³/mol. The van der Waals surface area contributed by atoms with Gasteiger partial charge in [-0.3, -0.25) is 15.1 Å². The van der Waals surface area contributed by atoms with Gasteiger partial charge >= 0.3 is 0 Å². The number of hydrogen-bond donors (Lipinski definition) is 0. The third-order valence-electron chi connectivity index (χ3n) is 2.93. The van der Waals surface area contributed by atoms with E-state index in [1.807, 2.05) is 24.3 Å². The average Bonchev–Trinajstić information content (AvgIpc) is 2.37. The van der Waals surface area contributed by atoms with Crippen molar-refractivity contribution in [2.45, 2.75) is 20.5 Å². The SMILES string of the molecule is Cc1cnc(COc2cccc(Br)c2)c(C)c1[N+](=O)[O-]. The Morgan fingerprint density at radius 2 is 2.15 bits per heavy atom. The van der Waals surface area contributed by atoms with E-state index in [9.17, 15) is 10.1 Å². The molecular formula is C14H13BrN2O3. The van der Waals surface area contributed by atoms with Crippen LogP contribution < -0.4 is 4.74 Å². The van der Waals surface area contributed by atoms with Crippen molar-refractivity contribution in [2.24, 2.45) is 0 Å². The summed E-state index contributed by atoms with van der Waals surface area (Å²) in [5.41, 5.74) is 1.78. The Balaban J connectivity index is 2.22. The fourth-order valence-electron chi connectivity index (χ4n) is 1.90. The van der Waals surface area contributed by atoms with Crippen molar-refractivity contribution < 1.29 is 9.66 Å². The summed E-state index contributed by atoms with van der Waals surface area (Å²) in [6.07, 6.45) is 1.50. The highest BCUT2D eigenvalue weighted by molar-refractivity contribution is 9.10. The molecule has 1 heterocycles. The van der Waals surface area contributed by atoms with Gasteiger partial charge in [0.25, 0.3) is 5.69 Å².